The van der Waals surface area contributed by atoms with Crippen LogP contribution in [0.15, 0.2) is 58.1 Å². The van der Waals surface area contributed by atoms with Crippen molar-refractivity contribution in [3.05, 3.63) is 85.5 Å². The lowest BCUT2D eigenvalue weighted by Gasteiger charge is -2.10. The summed E-state index contributed by atoms with van der Waals surface area (Å²) in [5.74, 6) is 1.34. The Hall–Kier alpha value is -3.45. The highest BCUT2D eigenvalue weighted by atomic mass is 35.5. The van der Waals surface area contributed by atoms with E-state index in [0.717, 1.165) is 5.56 Å². The van der Waals surface area contributed by atoms with Crippen molar-refractivity contribution in [1.29, 1.82) is 0 Å². The number of aryl methyl sites for hydroxylation is 1. The fraction of sp³-hybridized carbons (Fsp3) is 0.143. The third-order valence-corrected chi connectivity index (χ3v) is 5.33. The number of halogens is 1. The van der Waals surface area contributed by atoms with E-state index < -0.39 is 0 Å². The lowest BCUT2D eigenvalue weighted by molar-refractivity contribution is 0.174. The average Bonchev–Trinajstić information content (AvgIpc) is 3.30. The number of hydrogen-bond donors (Lipinski definition) is 1. The van der Waals surface area contributed by atoms with Gasteiger partial charge in [-0.1, -0.05) is 17.7 Å². The van der Waals surface area contributed by atoms with Gasteiger partial charge in [-0.25, -0.2) is 4.68 Å². The van der Waals surface area contributed by atoms with Crippen LogP contribution in [0.2, 0.25) is 5.02 Å². The maximum atomic E-state index is 13.1. The molecule has 0 radical (unpaired) electrons. The molecule has 0 bridgehead atoms. The lowest BCUT2D eigenvalue weighted by Crippen LogP contribution is -2.23. The first-order valence-electron chi connectivity index (χ1n) is 9.01. The van der Waals surface area contributed by atoms with Crippen molar-refractivity contribution in [2.24, 2.45) is 0 Å². The van der Waals surface area contributed by atoms with Gasteiger partial charge in [0.05, 0.1) is 23.1 Å². The Morgan fingerprint density at radius 3 is 2.59 bits per heavy atom. The van der Waals surface area contributed by atoms with Crippen molar-refractivity contribution < 1.29 is 9.47 Å². The van der Waals surface area contributed by atoms with Gasteiger partial charge in [0.2, 0.25) is 6.79 Å². The van der Waals surface area contributed by atoms with Gasteiger partial charge < -0.3 is 14.0 Å². The molecule has 0 spiro atoms. The summed E-state index contributed by atoms with van der Waals surface area (Å²) in [7, 11) is 0. The van der Waals surface area contributed by atoms with Crippen LogP contribution in [0.1, 0.15) is 11.3 Å². The SMILES string of the molecule is Cc1c2c(=O)n(-c3ccc(Cl)cc3)[nH]c2cc(=O)n1Cc1ccc2c(c1)OCO2. The highest BCUT2D eigenvalue weighted by Gasteiger charge is 2.17. The number of aromatic nitrogens is 3. The molecular weight excluding hydrogens is 394 g/mol. The van der Waals surface area contributed by atoms with Crippen LogP contribution in [-0.4, -0.2) is 21.1 Å². The van der Waals surface area contributed by atoms with Gasteiger partial charge in [0.1, 0.15) is 0 Å². The van der Waals surface area contributed by atoms with E-state index in [1.807, 2.05) is 18.2 Å². The van der Waals surface area contributed by atoms with E-state index in [0.29, 0.717) is 45.4 Å². The molecule has 0 unspecified atom stereocenters. The van der Waals surface area contributed by atoms with Crippen LogP contribution in [0.25, 0.3) is 16.6 Å². The maximum Gasteiger partial charge on any atom is 0.280 e. The van der Waals surface area contributed by atoms with Gasteiger partial charge in [0.25, 0.3) is 11.1 Å². The Balaban J connectivity index is 1.62. The first-order chi connectivity index (χ1) is 14.0. The Morgan fingerprint density at radius 2 is 1.79 bits per heavy atom. The van der Waals surface area contributed by atoms with Crippen LogP contribution in [0.5, 0.6) is 11.5 Å². The first kappa shape index (κ1) is 17.6. The number of hydrogen-bond acceptors (Lipinski definition) is 4. The highest BCUT2D eigenvalue weighted by molar-refractivity contribution is 6.30. The van der Waals surface area contributed by atoms with E-state index in [2.05, 4.69) is 5.10 Å². The van der Waals surface area contributed by atoms with Crippen LogP contribution in [0.3, 0.4) is 0 Å². The van der Waals surface area contributed by atoms with Gasteiger partial charge in [-0.15, -0.1) is 0 Å². The number of fused-ring (bicyclic) bond motifs is 2. The zero-order valence-corrected chi connectivity index (χ0v) is 16.2. The number of pyridine rings is 1. The number of nitrogens with zero attached hydrogens (tertiary/aromatic N) is 2. The number of H-pyrrole nitrogens is 1. The Morgan fingerprint density at radius 1 is 1.03 bits per heavy atom. The Labute approximate surface area is 169 Å². The topological polar surface area (TPSA) is 78.2 Å². The zero-order valence-electron chi connectivity index (χ0n) is 15.4. The van der Waals surface area contributed by atoms with Gasteiger partial charge >= 0.3 is 0 Å². The summed E-state index contributed by atoms with van der Waals surface area (Å²) in [6.45, 7) is 2.29. The predicted molar refractivity (Wildman–Crippen MR) is 110 cm³/mol. The van der Waals surface area contributed by atoms with Crippen LogP contribution in [0.4, 0.5) is 0 Å². The lowest BCUT2D eigenvalue weighted by atomic mass is 10.1. The van der Waals surface area contributed by atoms with Crippen LogP contribution in [-0.2, 0) is 6.54 Å². The molecule has 0 saturated heterocycles. The fourth-order valence-corrected chi connectivity index (χ4v) is 3.73. The van der Waals surface area contributed by atoms with Crippen molar-refractivity contribution in [3.63, 3.8) is 0 Å². The van der Waals surface area contributed by atoms with Crippen molar-refractivity contribution in [3.8, 4) is 17.2 Å². The summed E-state index contributed by atoms with van der Waals surface area (Å²) in [6.07, 6.45) is 0. The minimum atomic E-state index is -0.223. The van der Waals surface area contributed by atoms with E-state index in [9.17, 15) is 9.59 Å². The molecule has 0 amide bonds. The summed E-state index contributed by atoms with van der Waals surface area (Å²) in [4.78, 5) is 25.8. The number of nitrogens with one attached hydrogen (secondary N) is 1. The van der Waals surface area contributed by atoms with Crippen LogP contribution < -0.4 is 20.6 Å². The van der Waals surface area contributed by atoms with Crippen molar-refractivity contribution in [2.75, 3.05) is 6.79 Å². The zero-order chi connectivity index (χ0) is 20.1. The molecule has 1 aliphatic rings. The van der Waals surface area contributed by atoms with Gasteiger partial charge in [-0.3, -0.25) is 14.7 Å². The summed E-state index contributed by atoms with van der Waals surface area (Å²) in [5.41, 5.74) is 2.20. The van der Waals surface area contributed by atoms with Gasteiger partial charge in [0, 0.05) is 16.8 Å². The van der Waals surface area contributed by atoms with E-state index in [4.69, 9.17) is 21.1 Å². The molecule has 3 heterocycles. The second kappa shape index (κ2) is 6.56. The summed E-state index contributed by atoms with van der Waals surface area (Å²) in [6, 6.07) is 13.9. The Kier molecular flexibility index (Phi) is 3.99. The molecule has 1 aliphatic heterocycles. The molecule has 2 aromatic heterocycles. The Bertz CT molecular complexity index is 1370. The van der Waals surface area contributed by atoms with Crippen molar-refractivity contribution in [2.45, 2.75) is 13.5 Å². The standard InChI is InChI=1S/C21H16ClN3O4/c1-12-20-16(23-25(21(20)27)15-5-3-14(22)4-6-15)9-19(26)24(12)10-13-2-7-17-18(8-13)29-11-28-17/h2-9,23H,10-11H2,1H3. The molecule has 0 fully saturated rings. The van der Waals surface area contributed by atoms with E-state index in [1.165, 1.54) is 10.7 Å². The van der Waals surface area contributed by atoms with Crippen molar-refractivity contribution in [1.82, 2.24) is 14.3 Å². The second-order valence-electron chi connectivity index (χ2n) is 6.86. The number of benzene rings is 2. The van der Waals surface area contributed by atoms with Crippen LogP contribution >= 0.6 is 11.6 Å². The molecule has 1 N–H and O–H groups in total. The predicted octanol–water partition coefficient (Wildman–Crippen LogP) is 3.22. The molecule has 5 rings (SSSR count). The third kappa shape index (κ3) is 2.91. The normalized spacial score (nSPS) is 12.6. The van der Waals surface area contributed by atoms with Gasteiger partial charge in [0.15, 0.2) is 11.5 Å². The number of rotatable bonds is 3. The molecule has 0 aliphatic carbocycles. The molecular formula is C21H16ClN3O4. The van der Waals surface area contributed by atoms with Gasteiger partial charge in [-0.2, -0.15) is 0 Å². The third-order valence-electron chi connectivity index (χ3n) is 5.08. The second-order valence-corrected chi connectivity index (χ2v) is 7.30. The first-order valence-corrected chi connectivity index (χ1v) is 9.39. The molecule has 2 aromatic carbocycles. The number of ether oxygens (including phenoxy) is 2. The van der Waals surface area contributed by atoms with E-state index in [-0.39, 0.29) is 17.9 Å². The molecule has 29 heavy (non-hydrogen) atoms. The average molecular weight is 410 g/mol. The quantitative estimate of drug-likeness (QED) is 0.563. The summed E-state index contributed by atoms with van der Waals surface area (Å²) >= 11 is 5.94. The molecule has 7 nitrogen and oxygen atoms in total. The molecule has 8 heteroatoms. The van der Waals surface area contributed by atoms with Crippen molar-refractivity contribution >= 4 is 22.5 Å². The largest absolute Gasteiger partial charge is 0.454 e. The minimum absolute atomic E-state index is 0.192. The molecule has 146 valence electrons. The molecule has 0 atom stereocenters. The monoisotopic (exact) mass is 409 g/mol. The molecule has 0 saturated carbocycles. The van der Waals surface area contributed by atoms with E-state index >= 15 is 0 Å². The highest BCUT2D eigenvalue weighted by Crippen LogP contribution is 2.32. The summed E-state index contributed by atoms with van der Waals surface area (Å²) < 4.78 is 13.7. The van der Waals surface area contributed by atoms with E-state index in [1.54, 1.807) is 35.8 Å². The maximum absolute atomic E-state index is 13.1. The number of aromatic amines is 1. The van der Waals surface area contributed by atoms with Gasteiger partial charge in [-0.05, 0) is 48.9 Å². The fourth-order valence-electron chi connectivity index (χ4n) is 3.60. The summed E-state index contributed by atoms with van der Waals surface area (Å²) in [5, 5.41) is 4.07. The minimum Gasteiger partial charge on any atom is -0.454 e. The van der Waals surface area contributed by atoms with Crippen LogP contribution in [0, 0.1) is 6.92 Å². The molecule has 4 aromatic rings. The smallest absolute Gasteiger partial charge is 0.280 e.